The number of Topliss-reactive ketones (excluding diaryl/α,β-unsaturated/α-hetero) is 2. The van der Waals surface area contributed by atoms with Crippen molar-refractivity contribution in [1.29, 1.82) is 0 Å². The van der Waals surface area contributed by atoms with Gasteiger partial charge in [-0.1, -0.05) is 47.5 Å². The van der Waals surface area contributed by atoms with Crippen LogP contribution < -0.4 is 0 Å². The highest BCUT2D eigenvalue weighted by Crippen LogP contribution is 2.29. The lowest BCUT2D eigenvalue weighted by Gasteiger charge is -2.16. The predicted molar refractivity (Wildman–Crippen MR) is 69.7 cm³/mol. The number of rotatable bonds is 2. The van der Waals surface area contributed by atoms with Crippen LogP contribution in [0.3, 0.4) is 0 Å². The van der Waals surface area contributed by atoms with Crippen molar-refractivity contribution in [1.82, 2.24) is 0 Å². The summed E-state index contributed by atoms with van der Waals surface area (Å²) in [6, 6.07) is 6.41. The Morgan fingerprint density at radius 2 is 1.72 bits per heavy atom. The molecule has 0 aliphatic heterocycles. The summed E-state index contributed by atoms with van der Waals surface area (Å²) in [6.45, 7) is 0. The number of hydrogen-bond donors (Lipinski definition) is 1. The zero-order valence-electron chi connectivity index (χ0n) is 9.11. The summed E-state index contributed by atoms with van der Waals surface area (Å²) >= 11 is 10.9. The summed E-state index contributed by atoms with van der Waals surface area (Å²) in [7, 11) is 0. The Bertz CT molecular complexity index is 596. The van der Waals surface area contributed by atoms with Crippen molar-refractivity contribution < 1.29 is 14.7 Å². The van der Waals surface area contributed by atoms with Crippen LogP contribution >= 0.6 is 23.2 Å². The van der Waals surface area contributed by atoms with Gasteiger partial charge in [-0.2, -0.15) is 0 Å². The largest absolute Gasteiger partial charge is 0.507 e. The number of aliphatic hydroxyl groups is 1. The molecule has 3 nitrogen and oxygen atoms in total. The van der Waals surface area contributed by atoms with E-state index in [4.69, 9.17) is 23.2 Å². The van der Waals surface area contributed by atoms with Crippen LogP contribution in [0.4, 0.5) is 0 Å². The molecule has 1 N–H and O–H groups in total. The van der Waals surface area contributed by atoms with Crippen molar-refractivity contribution >= 4 is 40.5 Å². The van der Waals surface area contributed by atoms with E-state index in [0.717, 1.165) is 0 Å². The quantitative estimate of drug-likeness (QED) is 0.846. The first-order valence-electron chi connectivity index (χ1n) is 5.14. The lowest BCUT2D eigenvalue weighted by atomic mass is 9.87. The lowest BCUT2D eigenvalue weighted by molar-refractivity contribution is -0.112. The van der Waals surface area contributed by atoms with Gasteiger partial charge in [-0.25, -0.2) is 0 Å². The molecule has 0 spiro atoms. The molecule has 18 heavy (non-hydrogen) atoms. The monoisotopic (exact) mass is 282 g/mol. The lowest BCUT2D eigenvalue weighted by Crippen LogP contribution is -2.23. The normalized spacial score (nSPS) is 14.6. The van der Waals surface area contributed by atoms with Crippen molar-refractivity contribution in [2.24, 2.45) is 0 Å². The number of benzene rings is 1. The van der Waals surface area contributed by atoms with Crippen LogP contribution in [0.15, 0.2) is 40.4 Å². The van der Waals surface area contributed by atoms with Gasteiger partial charge >= 0.3 is 0 Å². The Labute approximate surface area is 113 Å². The van der Waals surface area contributed by atoms with Gasteiger partial charge in [-0.3, -0.25) is 9.59 Å². The van der Waals surface area contributed by atoms with Crippen LogP contribution in [0.5, 0.6) is 0 Å². The van der Waals surface area contributed by atoms with E-state index in [0.29, 0.717) is 5.56 Å². The van der Waals surface area contributed by atoms with E-state index in [2.05, 4.69) is 0 Å². The third kappa shape index (κ3) is 2.19. The molecule has 1 aromatic rings. The molecular weight excluding hydrogens is 275 g/mol. The van der Waals surface area contributed by atoms with Crippen molar-refractivity contribution in [2.75, 3.05) is 0 Å². The van der Waals surface area contributed by atoms with Gasteiger partial charge in [0.2, 0.25) is 11.6 Å². The van der Waals surface area contributed by atoms with Crippen molar-refractivity contribution in [3.63, 3.8) is 0 Å². The fraction of sp³-hybridized carbons (Fsp3) is 0.0769. The number of halogens is 2. The van der Waals surface area contributed by atoms with Crippen LogP contribution in [0.1, 0.15) is 22.3 Å². The fourth-order valence-electron chi connectivity index (χ4n) is 1.79. The molecule has 0 aromatic heterocycles. The fourth-order valence-corrected chi connectivity index (χ4v) is 1.94. The molecule has 92 valence electrons. The number of ketones is 2. The van der Waals surface area contributed by atoms with E-state index in [1.165, 1.54) is 12.1 Å². The van der Waals surface area contributed by atoms with E-state index in [-0.39, 0.29) is 27.8 Å². The second kappa shape index (κ2) is 4.96. The molecule has 0 atom stereocenters. The summed E-state index contributed by atoms with van der Waals surface area (Å²) in [6.07, 6.45) is 1.38. The van der Waals surface area contributed by atoms with Crippen LogP contribution in [0, 0.1) is 0 Å². The molecule has 0 amide bonds. The molecule has 0 radical (unpaired) electrons. The van der Waals surface area contributed by atoms with Gasteiger partial charge < -0.3 is 5.11 Å². The standard InChI is InChI=1S/C13H8Cl2O3/c14-10(15)6-5-9-11(16)7-3-1-2-4-8(7)12(17)13(9)18/h1-4,6,16H,5H2. The van der Waals surface area contributed by atoms with E-state index in [9.17, 15) is 14.7 Å². The zero-order valence-corrected chi connectivity index (χ0v) is 10.6. The van der Waals surface area contributed by atoms with E-state index >= 15 is 0 Å². The van der Waals surface area contributed by atoms with Gasteiger partial charge in [0.1, 0.15) is 10.3 Å². The summed E-state index contributed by atoms with van der Waals surface area (Å²) in [5, 5.41) is 10.0. The third-order valence-corrected chi connectivity index (χ3v) is 2.96. The Balaban J connectivity index is 2.55. The van der Waals surface area contributed by atoms with E-state index in [1.54, 1.807) is 18.2 Å². The average molecular weight is 283 g/mol. The van der Waals surface area contributed by atoms with Gasteiger partial charge in [-0.15, -0.1) is 0 Å². The molecule has 1 aromatic carbocycles. The summed E-state index contributed by atoms with van der Waals surface area (Å²) in [4.78, 5) is 23.7. The van der Waals surface area contributed by atoms with Gasteiger partial charge in [0, 0.05) is 23.1 Å². The molecule has 0 heterocycles. The second-order valence-electron chi connectivity index (χ2n) is 3.73. The van der Waals surface area contributed by atoms with Gasteiger partial charge in [0.05, 0.1) is 0 Å². The third-order valence-electron chi connectivity index (χ3n) is 2.65. The molecule has 5 heteroatoms. The minimum atomic E-state index is -0.725. The number of aliphatic hydroxyl groups excluding tert-OH is 1. The van der Waals surface area contributed by atoms with E-state index in [1.807, 2.05) is 0 Å². The smallest absolute Gasteiger partial charge is 0.234 e. The highest BCUT2D eigenvalue weighted by Gasteiger charge is 2.31. The molecule has 1 aliphatic carbocycles. The van der Waals surface area contributed by atoms with Gasteiger partial charge in [-0.05, 0) is 6.08 Å². The Kier molecular flexibility index (Phi) is 3.55. The molecular formula is C13H8Cl2O3. The topological polar surface area (TPSA) is 54.4 Å². The first-order valence-corrected chi connectivity index (χ1v) is 5.89. The second-order valence-corrected chi connectivity index (χ2v) is 4.74. The maximum Gasteiger partial charge on any atom is 0.234 e. The number of carbonyl (C=O) groups excluding carboxylic acids is 2. The Morgan fingerprint density at radius 3 is 2.33 bits per heavy atom. The average Bonchev–Trinajstić information content (AvgIpc) is 2.36. The minimum absolute atomic E-state index is 0.0116. The molecule has 0 unspecified atom stereocenters. The zero-order chi connectivity index (χ0) is 13.3. The molecule has 0 saturated heterocycles. The molecule has 2 rings (SSSR count). The highest BCUT2D eigenvalue weighted by molar-refractivity contribution is 6.56. The molecule has 0 bridgehead atoms. The van der Waals surface area contributed by atoms with Crippen molar-refractivity contribution in [3.8, 4) is 0 Å². The molecule has 1 aliphatic rings. The number of fused-ring (bicyclic) bond motifs is 1. The van der Waals surface area contributed by atoms with Crippen molar-refractivity contribution in [3.05, 3.63) is 51.5 Å². The van der Waals surface area contributed by atoms with Gasteiger partial charge in [0.15, 0.2) is 0 Å². The first kappa shape index (κ1) is 12.9. The van der Waals surface area contributed by atoms with Gasteiger partial charge in [0.25, 0.3) is 0 Å². The van der Waals surface area contributed by atoms with Crippen molar-refractivity contribution in [2.45, 2.75) is 6.42 Å². The summed E-state index contributed by atoms with van der Waals surface area (Å²) < 4.78 is -0.0191. The maximum atomic E-state index is 11.8. The molecule has 0 saturated carbocycles. The van der Waals surface area contributed by atoms with E-state index < -0.39 is 11.6 Å². The Morgan fingerprint density at radius 1 is 1.11 bits per heavy atom. The van der Waals surface area contributed by atoms with Crippen LogP contribution in [0.25, 0.3) is 5.76 Å². The summed E-state index contributed by atoms with van der Waals surface area (Å²) in [5.74, 6) is -1.55. The summed E-state index contributed by atoms with van der Waals surface area (Å²) in [5.41, 5.74) is 0.582. The first-order chi connectivity index (χ1) is 8.52. The van der Waals surface area contributed by atoms with Crippen LogP contribution in [-0.4, -0.2) is 16.7 Å². The van der Waals surface area contributed by atoms with Crippen LogP contribution in [0.2, 0.25) is 0 Å². The number of allylic oxidation sites excluding steroid dienone is 2. The van der Waals surface area contributed by atoms with Crippen LogP contribution in [-0.2, 0) is 4.79 Å². The number of carbonyl (C=O) groups is 2. The SMILES string of the molecule is O=C1C(=O)c2ccccc2C(O)=C1CC=C(Cl)Cl. The molecule has 0 fully saturated rings. The highest BCUT2D eigenvalue weighted by atomic mass is 35.5. The predicted octanol–water partition coefficient (Wildman–Crippen LogP) is 3.43. The maximum absolute atomic E-state index is 11.8. The number of hydrogen-bond acceptors (Lipinski definition) is 3. The minimum Gasteiger partial charge on any atom is -0.507 e. The Hall–Kier alpha value is -1.58.